The maximum absolute atomic E-state index is 12.2. The van der Waals surface area contributed by atoms with Gasteiger partial charge < -0.3 is 15.0 Å². The van der Waals surface area contributed by atoms with E-state index in [-0.39, 0.29) is 12.1 Å². The first-order chi connectivity index (χ1) is 12.2. The molecule has 3 rings (SSSR count). The van der Waals surface area contributed by atoms with E-state index in [4.69, 9.17) is 4.74 Å². The van der Waals surface area contributed by atoms with Crippen LogP contribution in [0.1, 0.15) is 17.8 Å². The van der Waals surface area contributed by atoms with Crippen LogP contribution in [-0.2, 0) is 0 Å². The lowest BCUT2D eigenvalue weighted by Crippen LogP contribution is -2.39. The van der Waals surface area contributed by atoms with E-state index in [1.807, 2.05) is 42.2 Å². The lowest BCUT2D eigenvalue weighted by molar-refractivity contribution is 0.187. The van der Waals surface area contributed by atoms with Crippen LogP contribution < -0.4 is 10.1 Å². The molecule has 1 aromatic heterocycles. The number of hydrogen-bond donors (Lipinski definition) is 1. The normalized spacial score (nSPS) is 16.8. The summed E-state index contributed by atoms with van der Waals surface area (Å²) >= 11 is 3.29. The van der Waals surface area contributed by atoms with E-state index in [1.54, 1.807) is 23.1 Å². The van der Waals surface area contributed by atoms with Crippen molar-refractivity contribution in [2.75, 3.05) is 25.4 Å². The molecule has 2 amide bonds. The molecule has 1 unspecified atom stereocenters. The van der Waals surface area contributed by atoms with Gasteiger partial charge in [0.1, 0.15) is 16.9 Å². The van der Waals surface area contributed by atoms with Crippen molar-refractivity contribution in [1.82, 2.24) is 20.4 Å². The van der Waals surface area contributed by atoms with Crippen molar-refractivity contribution in [2.24, 2.45) is 0 Å². The molecule has 0 radical (unpaired) electrons. The van der Waals surface area contributed by atoms with E-state index >= 15 is 0 Å². The van der Waals surface area contributed by atoms with Gasteiger partial charge >= 0.3 is 6.03 Å². The number of thioether (sulfide) groups is 1. The second kappa shape index (κ2) is 9.05. The second-order valence-corrected chi connectivity index (χ2v) is 8.33. The fourth-order valence-electron chi connectivity index (χ4n) is 2.58. The molecule has 0 saturated carbocycles. The van der Waals surface area contributed by atoms with Gasteiger partial charge in [0.15, 0.2) is 4.34 Å². The van der Waals surface area contributed by atoms with E-state index in [0.29, 0.717) is 13.1 Å². The molecule has 1 aliphatic rings. The van der Waals surface area contributed by atoms with Crippen molar-refractivity contribution >= 4 is 29.1 Å². The molecule has 1 aliphatic heterocycles. The molecule has 2 heterocycles. The zero-order valence-corrected chi connectivity index (χ0v) is 15.8. The Morgan fingerprint density at radius 2 is 2.24 bits per heavy atom. The summed E-state index contributed by atoms with van der Waals surface area (Å²) in [6.45, 7) is 4.00. The molecule has 6 nitrogen and oxygen atoms in total. The maximum Gasteiger partial charge on any atom is 0.317 e. The van der Waals surface area contributed by atoms with E-state index in [0.717, 1.165) is 40.2 Å². The first-order valence-electron chi connectivity index (χ1n) is 8.38. The summed E-state index contributed by atoms with van der Waals surface area (Å²) < 4.78 is 6.90. The summed E-state index contributed by atoms with van der Waals surface area (Å²) in [5.74, 6) is 1.79. The second-order valence-electron chi connectivity index (χ2n) is 5.81. The molecule has 8 heteroatoms. The van der Waals surface area contributed by atoms with Gasteiger partial charge in [-0.25, -0.2) is 4.79 Å². The zero-order chi connectivity index (χ0) is 17.5. The topological polar surface area (TPSA) is 67.4 Å². The Morgan fingerprint density at radius 3 is 3.00 bits per heavy atom. The molecule has 0 bridgehead atoms. The maximum atomic E-state index is 12.2. The summed E-state index contributed by atoms with van der Waals surface area (Å²) in [5.41, 5.74) is 0. The molecular formula is C17H22N4O2S2. The highest BCUT2D eigenvalue weighted by Crippen LogP contribution is 2.22. The van der Waals surface area contributed by atoms with Crippen LogP contribution in [0, 0.1) is 6.92 Å². The number of carbonyl (C=O) groups is 1. The third kappa shape index (κ3) is 5.61. The van der Waals surface area contributed by atoms with Crippen molar-refractivity contribution < 1.29 is 9.53 Å². The predicted octanol–water partition coefficient (Wildman–Crippen LogP) is 3.19. The van der Waals surface area contributed by atoms with Crippen LogP contribution in [0.15, 0.2) is 34.7 Å². The van der Waals surface area contributed by atoms with Crippen molar-refractivity contribution in [1.29, 1.82) is 0 Å². The highest BCUT2D eigenvalue weighted by molar-refractivity contribution is 8.01. The molecule has 25 heavy (non-hydrogen) atoms. The van der Waals surface area contributed by atoms with Gasteiger partial charge in [0, 0.05) is 25.3 Å². The summed E-state index contributed by atoms with van der Waals surface area (Å²) in [6, 6.07) is 9.76. The van der Waals surface area contributed by atoms with Gasteiger partial charge in [0.2, 0.25) is 0 Å². The van der Waals surface area contributed by atoms with Crippen molar-refractivity contribution in [3.8, 4) is 5.75 Å². The molecule has 0 aliphatic carbocycles. The summed E-state index contributed by atoms with van der Waals surface area (Å²) in [7, 11) is 0. The number of aryl methyl sites for hydroxylation is 1. The molecular weight excluding hydrogens is 356 g/mol. The van der Waals surface area contributed by atoms with E-state index in [1.165, 1.54) is 0 Å². The van der Waals surface area contributed by atoms with Crippen molar-refractivity contribution in [3.05, 3.63) is 35.3 Å². The molecule has 134 valence electrons. The van der Waals surface area contributed by atoms with E-state index in [9.17, 15) is 4.79 Å². The Labute approximate surface area is 156 Å². The number of ether oxygens (including phenoxy) is 1. The highest BCUT2D eigenvalue weighted by atomic mass is 32.2. The fraction of sp³-hybridized carbons (Fsp3) is 0.471. The number of nitrogens with zero attached hydrogens (tertiary/aromatic N) is 3. The molecule has 1 N–H and O–H groups in total. The van der Waals surface area contributed by atoms with Crippen LogP contribution in [-0.4, -0.2) is 52.6 Å². The lowest BCUT2D eigenvalue weighted by atomic mass is 10.3. The molecule has 1 saturated heterocycles. The number of hydrogen-bond acceptors (Lipinski definition) is 6. The van der Waals surface area contributed by atoms with Crippen LogP contribution >= 0.6 is 23.1 Å². The predicted molar refractivity (Wildman–Crippen MR) is 100 cm³/mol. The van der Waals surface area contributed by atoms with Gasteiger partial charge in [-0.15, -0.1) is 10.2 Å². The number of nitrogens with one attached hydrogen (secondary N) is 1. The molecule has 1 fully saturated rings. The number of rotatable bonds is 7. The van der Waals surface area contributed by atoms with Gasteiger partial charge in [-0.3, -0.25) is 0 Å². The highest BCUT2D eigenvalue weighted by Gasteiger charge is 2.27. The summed E-state index contributed by atoms with van der Waals surface area (Å²) in [6.07, 6.45) is 1.85. The number of amides is 2. The number of aromatic nitrogens is 2. The fourth-order valence-corrected chi connectivity index (χ4v) is 4.40. The molecule has 0 spiro atoms. The Kier molecular flexibility index (Phi) is 6.52. The van der Waals surface area contributed by atoms with Gasteiger partial charge in [-0.2, -0.15) is 0 Å². The average Bonchev–Trinajstić information content (AvgIpc) is 3.24. The molecule has 1 atom stereocenters. The summed E-state index contributed by atoms with van der Waals surface area (Å²) in [5, 5.41) is 12.0. The Morgan fingerprint density at radius 1 is 1.40 bits per heavy atom. The monoisotopic (exact) mass is 378 g/mol. The van der Waals surface area contributed by atoms with Gasteiger partial charge in [-0.1, -0.05) is 41.3 Å². The van der Waals surface area contributed by atoms with Crippen LogP contribution in [0.4, 0.5) is 4.79 Å². The standard InChI is InChI=1S/C17H22N4O2S2/c1-13-19-20-17(25-13)24-11-5-9-18-16(22)21-10-8-15(12-21)23-14-6-3-2-4-7-14/h2-4,6-7,15H,5,8-12H2,1H3,(H,18,22). The van der Waals surface area contributed by atoms with Crippen LogP contribution in [0.3, 0.4) is 0 Å². The lowest BCUT2D eigenvalue weighted by Gasteiger charge is -2.18. The quantitative estimate of drug-likeness (QED) is 0.592. The van der Waals surface area contributed by atoms with Crippen molar-refractivity contribution in [3.63, 3.8) is 0 Å². The number of para-hydroxylation sites is 1. The number of carbonyl (C=O) groups excluding carboxylic acids is 1. The van der Waals surface area contributed by atoms with Crippen molar-refractivity contribution in [2.45, 2.75) is 30.2 Å². The molecule has 1 aromatic carbocycles. The minimum Gasteiger partial charge on any atom is -0.489 e. The molecule has 2 aromatic rings. The third-order valence-electron chi connectivity index (χ3n) is 3.81. The van der Waals surface area contributed by atoms with Gasteiger partial charge in [0.25, 0.3) is 0 Å². The minimum atomic E-state index is -0.00378. The van der Waals surface area contributed by atoms with E-state index in [2.05, 4.69) is 15.5 Å². The van der Waals surface area contributed by atoms with Crippen LogP contribution in [0.2, 0.25) is 0 Å². The number of likely N-dealkylation sites (tertiary alicyclic amines) is 1. The number of benzene rings is 1. The largest absolute Gasteiger partial charge is 0.489 e. The first kappa shape index (κ1) is 18.0. The van der Waals surface area contributed by atoms with Crippen LogP contribution in [0.5, 0.6) is 5.75 Å². The average molecular weight is 379 g/mol. The van der Waals surface area contributed by atoms with E-state index < -0.39 is 0 Å². The Hall–Kier alpha value is -1.80. The van der Waals surface area contributed by atoms with Gasteiger partial charge in [-0.05, 0) is 25.5 Å². The first-order valence-corrected chi connectivity index (χ1v) is 10.2. The zero-order valence-electron chi connectivity index (χ0n) is 14.2. The Bertz CT molecular complexity index is 680. The van der Waals surface area contributed by atoms with Crippen LogP contribution in [0.25, 0.3) is 0 Å². The van der Waals surface area contributed by atoms with Gasteiger partial charge in [0.05, 0.1) is 6.54 Å². The third-order valence-corrected chi connectivity index (χ3v) is 5.87. The summed E-state index contributed by atoms with van der Waals surface area (Å²) in [4.78, 5) is 14.0. The number of urea groups is 1. The Balaban J connectivity index is 1.31. The minimum absolute atomic E-state index is 0.00378. The smallest absolute Gasteiger partial charge is 0.317 e. The SMILES string of the molecule is Cc1nnc(SCCCNC(=O)N2CCC(Oc3ccccc3)C2)s1.